The normalized spacial score (nSPS) is 12.5. The van der Waals surface area contributed by atoms with Gasteiger partial charge in [0.25, 0.3) is 0 Å². The third-order valence-corrected chi connectivity index (χ3v) is 7.18. The molecular weight excluding hydrogens is 258 g/mol. The van der Waals surface area contributed by atoms with Crippen LogP contribution in [0.1, 0.15) is 6.42 Å². The molecule has 13 heavy (non-hydrogen) atoms. The molecule has 0 rings (SSSR count). The maximum Gasteiger partial charge on any atom is 0.119 e. The van der Waals surface area contributed by atoms with Crippen molar-refractivity contribution in [2.75, 3.05) is 11.9 Å². The number of nitrogens with one attached hydrogen (secondary N) is 1. The smallest absolute Gasteiger partial charge is 0.119 e. The second-order valence-electron chi connectivity index (χ2n) is 4.56. The van der Waals surface area contributed by atoms with Crippen LogP contribution in [0.3, 0.4) is 0 Å². The minimum absolute atomic E-state index is 0.0120. The molecule has 0 aliphatic rings. The molecule has 0 fully saturated rings. The molecule has 0 aromatic heterocycles. The van der Waals surface area contributed by atoms with Crippen molar-refractivity contribution in [3.63, 3.8) is 0 Å². The molecule has 0 amide bonds. The SMILES string of the molecule is C[Si](C)CC[Si](C)(C)NCCCBr. The van der Waals surface area contributed by atoms with Gasteiger partial charge >= 0.3 is 0 Å². The molecule has 0 aliphatic carbocycles. The quantitative estimate of drug-likeness (QED) is 0.429. The molecular formula is C9H23BrNSi2. The first-order valence-electron chi connectivity index (χ1n) is 5.08. The van der Waals surface area contributed by atoms with Crippen LogP contribution in [0.15, 0.2) is 0 Å². The molecule has 0 unspecified atom stereocenters. The summed E-state index contributed by atoms with van der Waals surface area (Å²) in [6.07, 6.45) is 1.26. The molecule has 1 N–H and O–H groups in total. The van der Waals surface area contributed by atoms with Crippen molar-refractivity contribution < 1.29 is 0 Å². The van der Waals surface area contributed by atoms with Gasteiger partial charge in [0.1, 0.15) is 8.24 Å². The van der Waals surface area contributed by atoms with Gasteiger partial charge in [-0.1, -0.05) is 48.2 Å². The summed E-state index contributed by atoms with van der Waals surface area (Å²) in [5, 5.41) is 1.13. The van der Waals surface area contributed by atoms with Gasteiger partial charge in [-0.3, -0.25) is 0 Å². The second-order valence-corrected chi connectivity index (χ2v) is 12.9. The van der Waals surface area contributed by atoms with Crippen molar-refractivity contribution in [3.8, 4) is 0 Å². The zero-order valence-electron chi connectivity index (χ0n) is 9.41. The lowest BCUT2D eigenvalue weighted by Gasteiger charge is -2.24. The Labute approximate surface area is 94.5 Å². The summed E-state index contributed by atoms with van der Waals surface area (Å²) in [5.41, 5.74) is 0. The lowest BCUT2D eigenvalue weighted by molar-refractivity contribution is 0.844. The molecule has 0 aromatic rings. The molecule has 0 saturated carbocycles. The summed E-state index contributed by atoms with van der Waals surface area (Å²) < 4.78 is 0. The maximum atomic E-state index is 3.74. The van der Waals surface area contributed by atoms with Gasteiger partial charge < -0.3 is 4.98 Å². The predicted octanol–water partition coefficient (Wildman–Crippen LogP) is 3.32. The van der Waals surface area contributed by atoms with Gasteiger partial charge in [0, 0.05) is 14.1 Å². The van der Waals surface area contributed by atoms with E-state index in [4.69, 9.17) is 0 Å². The van der Waals surface area contributed by atoms with E-state index < -0.39 is 8.24 Å². The summed E-state index contributed by atoms with van der Waals surface area (Å²) in [4.78, 5) is 3.74. The standard InChI is InChI=1S/C9H23BrNSi2/c1-12(2)8-9-13(3,4)11-7-5-6-10/h11H,5-9H2,1-4H3. The van der Waals surface area contributed by atoms with E-state index in [1.54, 1.807) is 0 Å². The first-order chi connectivity index (χ1) is 5.98. The zero-order chi connectivity index (χ0) is 10.3. The summed E-state index contributed by atoms with van der Waals surface area (Å²) >= 11 is 3.46. The third kappa shape index (κ3) is 9.18. The summed E-state index contributed by atoms with van der Waals surface area (Å²) in [6, 6.07) is 2.93. The van der Waals surface area contributed by atoms with Gasteiger partial charge in [0.15, 0.2) is 0 Å². The van der Waals surface area contributed by atoms with E-state index in [0.717, 1.165) is 5.33 Å². The van der Waals surface area contributed by atoms with Gasteiger partial charge in [0.2, 0.25) is 0 Å². The number of hydrogen-bond donors (Lipinski definition) is 1. The van der Waals surface area contributed by atoms with Gasteiger partial charge in [0.05, 0.1) is 0 Å². The summed E-state index contributed by atoms with van der Waals surface area (Å²) in [5.74, 6) is 0. The van der Waals surface area contributed by atoms with Crippen molar-refractivity contribution in [1.29, 1.82) is 0 Å². The Hall–Kier alpha value is 0.874. The Kier molecular flexibility index (Phi) is 7.69. The number of alkyl halides is 1. The first kappa shape index (κ1) is 13.9. The lowest BCUT2D eigenvalue weighted by Crippen LogP contribution is -2.45. The van der Waals surface area contributed by atoms with Crippen LogP contribution in [0, 0.1) is 0 Å². The minimum atomic E-state index is -1.05. The topological polar surface area (TPSA) is 12.0 Å². The van der Waals surface area contributed by atoms with Gasteiger partial charge in [-0.05, 0) is 19.0 Å². The largest absolute Gasteiger partial charge is 0.337 e. The van der Waals surface area contributed by atoms with Crippen molar-refractivity contribution in [2.45, 2.75) is 44.7 Å². The van der Waals surface area contributed by atoms with E-state index in [-0.39, 0.29) is 8.80 Å². The fraction of sp³-hybridized carbons (Fsp3) is 1.00. The van der Waals surface area contributed by atoms with Crippen LogP contribution >= 0.6 is 15.9 Å². The van der Waals surface area contributed by atoms with Crippen LogP contribution in [0.5, 0.6) is 0 Å². The maximum absolute atomic E-state index is 3.74. The van der Waals surface area contributed by atoms with Crippen molar-refractivity contribution in [2.24, 2.45) is 0 Å². The highest BCUT2D eigenvalue weighted by Gasteiger charge is 2.19. The molecule has 0 atom stereocenters. The molecule has 1 nitrogen and oxygen atoms in total. The van der Waals surface area contributed by atoms with Crippen LogP contribution in [-0.4, -0.2) is 28.9 Å². The van der Waals surface area contributed by atoms with Gasteiger partial charge in [-0.25, -0.2) is 0 Å². The zero-order valence-corrected chi connectivity index (χ0v) is 13.0. The molecule has 0 spiro atoms. The average Bonchev–Trinajstić information content (AvgIpc) is 2.02. The molecule has 1 radical (unpaired) electrons. The highest BCUT2D eigenvalue weighted by Crippen LogP contribution is 2.11. The third-order valence-electron chi connectivity index (χ3n) is 2.16. The van der Waals surface area contributed by atoms with Crippen LogP contribution in [0.2, 0.25) is 38.3 Å². The second kappa shape index (κ2) is 7.20. The molecule has 0 aromatic carbocycles. The van der Waals surface area contributed by atoms with E-state index in [9.17, 15) is 0 Å². The number of rotatable bonds is 7. The van der Waals surface area contributed by atoms with Crippen LogP contribution in [0.25, 0.3) is 0 Å². The van der Waals surface area contributed by atoms with E-state index in [0.29, 0.717) is 0 Å². The molecule has 4 heteroatoms. The summed E-state index contributed by atoms with van der Waals surface area (Å²) in [7, 11) is -1.06. The molecule has 0 heterocycles. The molecule has 0 saturated heterocycles. The van der Waals surface area contributed by atoms with Crippen LogP contribution < -0.4 is 4.98 Å². The Bertz CT molecular complexity index is 129. The van der Waals surface area contributed by atoms with Gasteiger partial charge in [-0.15, -0.1) is 0 Å². The van der Waals surface area contributed by atoms with Gasteiger partial charge in [-0.2, -0.15) is 0 Å². The Morgan fingerprint density at radius 2 is 1.92 bits per heavy atom. The van der Waals surface area contributed by atoms with Crippen LogP contribution in [-0.2, 0) is 0 Å². The van der Waals surface area contributed by atoms with Crippen LogP contribution in [0.4, 0.5) is 0 Å². The number of halogens is 1. The minimum Gasteiger partial charge on any atom is -0.337 e. The lowest BCUT2D eigenvalue weighted by atomic mass is 10.5. The van der Waals surface area contributed by atoms with Crippen molar-refractivity contribution >= 4 is 33.0 Å². The Balaban J connectivity index is 3.54. The van der Waals surface area contributed by atoms with E-state index in [2.05, 4.69) is 47.1 Å². The molecule has 79 valence electrons. The predicted molar refractivity (Wildman–Crippen MR) is 71.0 cm³/mol. The van der Waals surface area contributed by atoms with E-state index in [1.165, 1.54) is 25.1 Å². The monoisotopic (exact) mass is 280 g/mol. The number of hydrogen-bond acceptors (Lipinski definition) is 1. The Morgan fingerprint density at radius 1 is 1.31 bits per heavy atom. The fourth-order valence-electron chi connectivity index (χ4n) is 1.14. The first-order valence-corrected chi connectivity index (χ1v) is 12.1. The van der Waals surface area contributed by atoms with Crippen molar-refractivity contribution in [3.05, 3.63) is 0 Å². The average molecular weight is 281 g/mol. The van der Waals surface area contributed by atoms with E-state index >= 15 is 0 Å². The highest BCUT2D eigenvalue weighted by atomic mass is 79.9. The van der Waals surface area contributed by atoms with E-state index in [1.807, 2.05) is 0 Å². The fourth-order valence-corrected chi connectivity index (χ4v) is 6.96. The molecule has 0 aliphatic heterocycles. The van der Waals surface area contributed by atoms with Crippen molar-refractivity contribution in [1.82, 2.24) is 4.98 Å². The summed E-state index contributed by atoms with van der Waals surface area (Å²) in [6.45, 7) is 10.9. The Morgan fingerprint density at radius 3 is 2.38 bits per heavy atom. The molecule has 0 bridgehead atoms. The highest BCUT2D eigenvalue weighted by molar-refractivity contribution is 9.09.